The standard InChI is InChI=1S/C18H20F2N4O/c19-15-2-1-3-16(20)14(15)4-7-23-18(25)13-5-10-24(11-6-13)17-12-21-8-9-22-17/h1-3,8-9,12-13H,4-7,10-11H2,(H,23,25). The van der Waals surface area contributed by atoms with E-state index >= 15 is 0 Å². The summed E-state index contributed by atoms with van der Waals surface area (Å²) >= 11 is 0. The second-order valence-electron chi connectivity index (χ2n) is 6.07. The van der Waals surface area contributed by atoms with Crippen LogP contribution >= 0.6 is 0 Å². The van der Waals surface area contributed by atoms with Crippen molar-refractivity contribution >= 4 is 11.7 Å². The number of carbonyl (C=O) groups is 1. The van der Waals surface area contributed by atoms with Crippen molar-refractivity contribution in [1.82, 2.24) is 15.3 Å². The zero-order valence-electron chi connectivity index (χ0n) is 13.8. The highest BCUT2D eigenvalue weighted by atomic mass is 19.1. The van der Waals surface area contributed by atoms with E-state index in [2.05, 4.69) is 20.2 Å². The Kier molecular flexibility index (Phi) is 5.53. The van der Waals surface area contributed by atoms with Gasteiger partial charge in [-0.2, -0.15) is 0 Å². The smallest absolute Gasteiger partial charge is 0.223 e. The number of nitrogens with one attached hydrogen (secondary N) is 1. The molecule has 0 radical (unpaired) electrons. The number of anilines is 1. The van der Waals surface area contributed by atoms with E-state index in [0.29, 0.717) is 0 Å². The summed E-state index contributed by atoms with van der Waals surface area (Å²) in [5.41, 5.74) is 0.0141. The molecule has 2 heterocycles. The van der Waals surface area contributed by atoms with Gasteiger partial charge in [-0.05, 0) is 31.4 Å². The van der Waals surface area contributed by atoms with Crippen molar-refractivity contribution < 1.29 is 13.6 Å². The Balaban J connectivity index is 1.45. The molecule has 0 atom stereocenters. The number of piperidine rings is 1. The van der Waals surface area contributed by atoms with Crippen LogP contribution in [-0.4, -0.2) is 35.5 Å². The third-order valence-electron chi connectivity index (χ3n) is 4.48. The van der Waals surface area contributed by atoms with Crippen molar-refractivity contribution in [2.45, 2.75) is 19.3 Å². The summed E-state index contributed by atoms with van der Waals surface area (Å²) in [6, 6.07) is 3.78. The first kappa shape index (κ1) is 17.3. The summed E-state index contributed by atoms with van der Waals surface area (Å²) in [6.45, 7) is 1.69. The predicted molar refractivity (Wildman–Crippen MR) is 90.0 cm³/mol. The normalized spacial score (nSPS) is 15.2. The molecule has 5 nitrogen and oxygen atoms in total. The van der Waals surface area contributed by atoms with Crippen LogP contribution in [0.3, 0.4) is 0 Å². The molecule has 1 aliphatic rings. The van der Waals surface area contributed by atoms with Crippen molar-refractivity contribution in [2.24, 2.45) is 5.92 Å². The van der Waals surface area contributed by atoms with Crippen LogP contribution in [0.25, 0.3) is 0 Å². The number of amides is 1. The molecule has 0 aliphatic carbocycles. The molecule has 3 rings (SSSR count). The molecular weight excluding hydrogens is 326 g/mol. The van der Waals surface area contributed by atoms with E-state index in [4.69, 9.17) is 0 Å². The maximum atomic E-state index is 13.6. The lowest BCUT2D eigenvalue weighted by molar-refractivity contribution is -0.125. The minimum absolute atomic E-state index is 0.0141. The fourth-order valence-corrected chi connectivity index (χ4v) is 3.05. The Morgan fingerprint density at radius 3 is 2.56 bits per heavy atom. The lowest BCUT2D eigenvalue weighted by Crippen LogP contribution is -2.41. The van der Waals surface area contributed by atoms with E-state index in [-0.39, 0.29) is 30.4 Å². The first-order valence-corrected chi connectivity index (χ1v) is 8.36. The highest BCUT2D eigenvalue weighted by Gasteiger charge is 2.25. The first-order chi connectivity index (χ1) is 12.1. The Bertz CT molecular complexity index is 698. The quantitative estimate of drug-likeness (QED) is 0.903. The number of hydrogen-bond donors (Lipinski definition) is 1. The zero-order chi connectivity index (χ0) is 17.6. The monoisotopic (exact) mass is 346 g/mol. The average Bonchev–Trinajstić information content (AvgIpc) is 2.65. The predicted octanol–water partition coefficient (Wildman–Crippen LogP) is 2.33. The summed E-state index contributed by atoms with van der Waals surface area (Å²) in [7, 11) is 0. The van der Waals surface area contributed by atoms with Gasteiger partial charge in [0.05, 0.1) is 6.20 Å². The Labute approximate surface area is 145 Å². The Morgan fingerprint density at radius 1 is 1.20 bits per heavy atom. The third-order valence-corrected chi connectivity index (χ3v) is 4.48. The lowest BCUT2D eigenvalue weighted by atomic mass is 9.96. The van der Waals surface area contributed by atoms with Gasteiger partial charge in [0.25, 0.3) is 0 Å². The molecular formula is C18H20F2N4O. The zero-order valence-corrected chi connectivity index (χ0v) is 13.8. The van der Waals surface area contributed by atoms with Crippen LogP contribution < -0.4 is 10.2 Å². The van der Waals surface area contributed by atoms with E-state index in [0.717, 1.165) is 31.7 Å². The third kappa shape index (κ3) is 4.29. The van der Waals surface area contributed by atoms with Crippen LogP contribution in [0.1, 0.15) is 18.4 Å². The molecule has 1 fully saturated rings. The van der Waals surface area contributed by atoms with Gasteiger partial charge in [0.15, 0.2) is 0 Å². The fraction of sp³-hybridized carbons (Fsp3) is 0.389. The molecule has 1 aromatic carbocycles. The molecule has 2 aromatic rings. The molecule has 1 saturated heterocycles. The van der Waals surface area contributed by atoms with Crippen molar-refractivity contribution in [1.29, 1.82) is 0 Å². The first-order valence-electron chi connectivity index (χ1n) is 8.36. The number of carbonyl (C=O) groups excluding carboxylic acids is 1. The average molecular weight is 346 g/mol. The van der Waals surface area contributed by atoms with Gasteiger partial charge in [-0.15, -0.1) is 0 Å². The Morgan fingerprint density at radius 2 is 1.92 bits per heavy atom. The van der Waals surface area contributed by atoms with Gasteiger partial charge in [0.1, 0.15) is 17.5 Å². The van der Waals surface area contributed by atoms with Gasteiger partial charge in [-0.1, -0.05) is 6.07 Å². The van der Waals surface area contributed by atoms with Crippen LogP contribution in [0, 0.1) is 17.6 Å². The number of benzene rings is 1. The van der Waals surface area contributed by atoms with Gasteiger partial charge in [0.2, 0.25) is 5.91 Å². The summed E-state index contributed by atoms with van der Waals surface area (Å²) in [5.74, 6) is -0.483. The van der Waals surface area contributed by atoms with E-state index in [1.165, 1.54) is 18.2 Å². The number of rotatable bonds is 5. The molecule has 1 N–H and O–H groups in total. The van der Waals surface area contributed by atoms with Gasteiger partial charge >= 0.3 is 0 Å². The summed E-state index contributed by atoms with van der Waals surface area (Å²) < 4.78 is 27.1. The molecule has 132 valence electrons. The number of hydrogen-bond acceptors (Lipinski definition) is 4. The molecule has 0 spiro atoms. The van der Waals surface area contributed by atoms with Gasteiger partial charge < -0.3 is 10.2 Å². The molecule has 7 heteroatoms. The maximum absolute atomic E-state index is 13.6. The van der Waals surface area contributed by atoms with Gasteiger partial charge in [0, 0.05) is 43.5 Å². The van der Waals surface area contributed by atoms with Crippen LogP contribution in [0.4, 0.5) is 14.6 Å². The largest absolute Gasteiger partial charge is 0.356 e. The van der Waals surface area contributed by atoms with Crippen molar-refractivity contribution in [3.05, 3.63) is 54.0 Å². The summed E-state index contributed by atoms with van der Waals surface area (Å²) in [6.07, 6.45) is 6.57. The topological polar surface area (TPSA) is 58.1 Å². The highest BCUT2D eigenvalue weighted by molar-refractivity contribution is 5.79. The number of aromatic nitrogens is 2. The van der Waals surface area contributed by atoms with E-state index in [1.807, 2.05) is 0 Å². The molecule has 1 amide bonds. The molecule has 0 unspecified atom stereocenters. The fourth-order valence-electron chi connectivity index (χ4n) is 3.05. The number of halogens is 2. The highest BCUT2D eigenvalue weighted by Crippen LogP contribution is 2.21. The molecule has 0 bridgehead atoms. The minimum Gasteiger partial charge on any atom is -0.356 e. The number of nitrogens with zero attached hydrogens (tertiary/aromatic N) is 3. The van der Waals surface area contributed by atoms with Crippen LogP contribution in [0.2, 0.25) is 0 Å². The van der Waals surface area contributed by atoms with Gasteiger partial charge in [-0.3, -0.25) is 9.78 Å². The SMILES string of the molecule is O=C(NCCc1c(F)cccc1F)C1CCN(c2cnccn2)CC1. The van der Waals surface area contributed by atoms with Gasteiger partial charge in [-0.25, -0.2) is 13.8 Å². The van der Waals surface area contributed by atoms with Crippen LogP contribution in [0.15, 0.2) is 36.8 Å². The molecule has 25 heavy (non-hydrogen) atoms. The van der Waals surface area contributed by atoms with E-state index in [1.54, 1.807) is 18.6 Å². The van der Waals surface area contributed by atoms with Crippen molar-refractivity contribution in [3.8, 4) is 0 Å². The molecule has 1 aliphatic heterocycles. The second-order valence-corrected chi connectivity index (χ2v) is 6.07. The van der Waals surface area contributed by atoms with E-state index in [9.17, 15) is 13.6 Å². The Hall–Kier alpha value is -2.57. The lowest BCUT2D eigenvalue weighted by Gasteiger charge is -2.31. The van der Waals surface area contributed by atoms with Crippen molar-refractivity contribution in [2.75, 3.05) is 24.5 Å². The molecule has 0 saturated carbocycles. The van der Waals surface area contributed by atoms with Crippen LogP contribution in [-0.2, 0) is 11.2 Å². The summed E-state index contributed by atoms with van der Waals surface area (Å²) in [4.78, 5) is 22.7. The molecule has 1 aromatic heterocycles. The maximum Gasteiger partial charge on any atom is 0.223 e. The van der Waals surface area contributed by atoms with Crippen molar-refractivity contribution in [3.63, 3.8) is 0 Å². The summed E-state index contributed by atoms with van der Waals surface area (Å²) in [5, 5.41) is 2.79. The minimum atomic E-state index is -0.577. The van der Waals surface area contributed by atoms with E-state index < -0.39 is 11.6 Å². The van der Waals surface area contributed by atoms with Crippen LogP contribution in [0.5, 0.6) is 0 Å². The second kappa shape index (κ2) is 8.00.